The number of rotatable bonds is 7. The molecule has 0 radical (unpaired) electrons. The lowest BCUT2D eigenvalue weighted by atomic mass is 10.0. The van der Waals surface area contributed by atoms with Crippen LogP contribution < -0.4 is 10.1 Å². The van der Waals surface area contributed by atoms with Gasteiger partial charge < -0.3 is 4.74 Å². The Labute approximate surface area is 124 Å². The summed E-state index contributed by atoms with van der Waals surface area (Å²) in [6, 6.07) is 5.54. The number of nitrogens with zero attached hydrogens (tertiary/aromatic N) is 2. The SMILES string of the molecule is CCNC(C)(C#N)CCOc1c(C)cc(C)cc1[N+](=O)[O-]. The molecule has 0 saturated heterocycles. The largest absolute Gasteiger partial charge is 0.487 e. The van der Waals surface area contributed by atoms with Crippen LogP contribution in [-0.2, 0) is 0 Å². The van der Waals surface area contributed by atoms with Crippen molar-refractivity contribution < 1.29 is 9.66 Å². The zero-order valence-electron chi connectivity index (χ0n) is 12.9. The third-order valence-electron chi connectivity index (χ3n) is 3.26. The Morgan fingerprint density at radius 2 is 2.14 bits per heavy atom. The van der Waals surface area contributed by atoms with Crippen molar-refractivity contribution in [3.63, 3.8) is 0 Å². The maximum atomic E-state index is 11.1. The molecule has 21 heavy (non-hydrogen) atoms. The molecular formula is C15H21N3O3. The van der Waals surface area contributed by atoms with Crippen molar-refractivity contribution in [2.75, 3.05) is 13.2 Å². The summed E-state index contributed by atoms with van der Waals surface area (Å²) in [5.74, 6) is 0.280. The molecule has 0 bridgehead atoms. The second-order valence-corrected chi connectivity index (χ2v) is 5.26. The molecule has 1 N–H and O–H groups in total. The molecule has 114 valence electrons. The monoisotopic (exact) mass is 291 g/mol. The summed E-state index contributed by atoms with van der Waals surface area (Å²) >= 11 is 0. The molecule has 1 rings (SSSR count). The Morgan fingerprint density at radius 3 is 2.67 bits per heavy atom. The molecule has 1 atom stereocenters. The number of benzene rings is 1. The van der Waals surface area contributed by atoms with Gasteiger partial charge in [0.15, 0.2) is 5.75 Å². The Bertz CT molecular complexity index is 566. The lowest BCUT2D eigenvalue weighted by molar-refractivity contribution is -0.386. The van der Waals surface area contributed by atoms with Gasteiger partial charge in [-0.15, -0.1) is 0 Å². The molecule has 0 amide bonds. The van der Waals surface area contributed by atoms with Gasteiger partial charge in [0.05, 0.1) is 17.6 Å². The Kier molecular flexibility index (Phi) is 5.68. The first kappa shape index (κ1) is 16.9. The Morgan fingerprint density at radius 1 is 1.48 bits per heavy atom. The summed E-state index contributed by atoms with van der Waals surface area (Å²) in [5.41, 5.74) is 0.821. The number of aryl methyl sites for hydroxylation is 2. The normalized spacial score (nSPS) is 13.3. The number of nitriles is 1. The van der Waals surface area contributed by atoms with E-state index in [1.165, 1.54) is 6.07 Å². The van der Waals surface area contributed by atoms with Crippen LogP contribution in [0.3, 0.4) is 0 Å². The van der Waals surface area contributed by atoms with Crippen LogP contribution in [0.2, 0.25) is 0 Å². The fraction of sp³-hybridized carbons (Fsp3) is 0.533. The fourth-order valence-electron chi connectivity index (χ4n) is 2.19. The van der Waals surface area contributed by atoms with E-state index >= 15 is 0 Å². The number of hydrogen-bond donors (Lipinski definition) is 1. The van der Waals surface area contributed by atoms with Crippen molar-refractivity contribution in [1.29, 1.82) is 5.26 Å². The van der Waals surface area contributed by atoms with Gasteiger partial charge in [-0.25, -0.2) is 0 Å². The number of ether oxygens (including phenoxy) is 1. The summed E-state index contributed by atoms with van der Waals surface area (Å²) in [5, 5.41) is 23.4. The van der Waals surface area contributed by atoms with Crippen LogP contribution in [0.25, 0.3) is 0 Å². The van der Waals surface area contributed by atoms with Gasteiger partial charge in [-0.05, 0) is 38.4 Å². The highest BCUT2D eigenvalue weighted by Gasteiger charge is 2.24. The van der Waals surface area contributed by atoms with Gasteiger partial charge in [0.1, 0.15) is 5.54 Å². The number of nitrogens with one attached hydrogen (secondary N) is 1. The van der Waals surface area contributed by atoms with E-state index in [9.17, 15) is 15.4 Å². The Balaban J connectivity index is 2.85. The topological polar surface area (TPSA) is 88.2 Å². The summed E-state index contributed by atoms with van der Waals surface area (Å²) in [4.78, 5) is 10.7. The molecule has 0 heterocycles. The lowest BCUT2D eigenvalue weighted by Gasteiger charge is -2.22. The molecule has 0 spiro atoms. The summed E-state index contributed by atoms with van der Waals surface area (Å²) in [6.45, 7) is 8.21. The average molecular weight is 291 g/mol. The minimum atomic E-state index is -0.692. The first-order valence-corrected chi connectivity index (χ1v) is 6.87. The molecular weight excluding hydrogens is 270 g/mol. The first-order chi connectivity index (χ1) is 9.83. The van der Waals surface area contributed by atoms with E-state index in [4.69, 9.17) is 4.74 Å². The van der Waals surface area contributed by atoms with E-state index in [1.807, 2.05) is 19.9 Å². The molecule has 6 heteroatoms. The van der Waals surface area contributed by atoms with Crippen molar-refractivity contribution in [1.82, 2.24) is 5.32 Å². The molecule has 1 aromatic carbocycles. The second kappa shape index (κ2) is 7.04. The summed E-state index contributed by atoms with van der Waals surface area (Å²) in [6.07, 6.45) is 0.446. The first-order valence-electron chi connectivity index (χ1n) is 6.87. The van der Waals surface area contributed by atoms with Crippen LogP contribution in [0.5, 0.6) is 5.75 Å². The zero-order valence-corrected chi connectivity index (χ0v) is 12.9. The Hall–Kier alpha value is -2.13. The van der Waals surface area contributed by atoms with Crippen LogP contribution in [0.15, 0.2) is 12.1 Å². The molecule has 1 unspecified atom stereocenters. The minimum absolute atomic E-state index is 0.0328. The minimum Gasteiger partial charge on any atom is -0.487 e. The third-order valence-corrected chi connectivity index (χ3v) is 3.26. The summed E-state index contributed by atoms with van der Waals surface area (Å²) in [7, 11) is 0. The predicted molar refractivity (Wildman–Crippen MR) is 80.4 cm³/mol. The van der Waals surface area contributed by atoms with E-state index < -0.39 is 10.5 Å². The standard InChI is InChI=1S/C15H21N3O3/c1-5-17-15(4,10-16)6-7-21-14-12(3)8-11(2)9-13(14)18(19)20/h8-9,17H,5-7H2,1-4H3. The quantitative estimate of drug-likeness (QED) is 0.616. The molecule has 6 nitrogen and oxygen atoms in total. The van der Waals surface area contributed by atoms with Gasteiger partial charge in [0.25, 0.3) is 0 Å². The zero-order chi connectivity index (χ0) is 16.0. The van der Waals surface area contributed by atoms with Crippen LogP contribution in [-0.4, -0.2) is 23.6 Å². The maximum absolute atomic E-state index is 11.1. The maximum Gasteiger partial charge on any atom is 0.311 e. The fourth-order valence-corrected chi connectivity index (χ4v) is 2.19. The van der Waals surface area contributed by atoms with Crippen molar-refractivity contribution in [2.24, 2.45) is 0 Å². The van der Waals surface area contributed by atoms with Gasteiger partial charge >= 0.3 is 5.69 Å². The van der Waals surface area contributed by atoms with Crippen LogP contribution in [0.4, 0.5) is 5.69 Å². The van der Waals surface area contributed by atoms with Gasteiger partial charge in [0.2, 0.25) is 0 Å². The van der Waals surface area contributed by atoms with E-state index in [1.54, 1.807) is 13.8 Å². The number of hydrogen-bond acceptors (Lipinski definition) is 5. The number of nitro benzene ring substituents is 1. The molecule has 1 aromatic rings. The van der Waals surface area contributed by atoms with Crippen LogP contribution in [0.1, 0.15) is 31.4 Å². The van der Waals surface area contributed by atoms with Gasteiger partial charge in [-0.1, -0.05) is 13.0 Å². The van der Waals surface area contributed by atoms with Crippen molar-refractivity contribution >= 4 is 5.69 Å². The molecule has 0 aliphatic carbocycles. The highest BCUT2D eigenvalue weighted by atomic mass is 16.6. The van der Waals surface area contributed by atoms with Gasteiger partial charge in [0, 0.05) is 12.5 Å². The molecule has 0 saturated carbocycles. The van der Waals surface area contributed by atoms with Gasteiger partial charge in [-0.2, -0.15) is 5.26 Å². The van der Waals surface area contributed by atoms with E-state index in [0.29, 0.717) is 13.0 Å². The van der Waals surface area contributed by atoms with E-state index in [-0.39, 0.29) is 18.0 Å². The predicted octanol–water partition coefficient (Wildman–Crippen LogP) is 2.87. The molecule has 0 aliphatic heterocycles. The van der Waals surface area contributed by atoms with Crippen molar-refractivity contribution in [3.8, 4) is 11.8 Å². The number of nitro groups is 1. The van der Waals surface area contributed by atoms with E-state index in [0.717, 1.165) is 11.1 Å². The molecule has 0 aliphatic rings. The van der Waals surface area contributed by atoms with Crippen molar-refractivity contribution in [3.05, 3.63) is 33.4 Å². The van der Waals surface area contributed by atoms with Gasteiger partial charge in [-0.3, -0.25) is 15.4 Å². The molecule has 0 aromatic heterocycles. The highest BCUT2D eigenvalue weighted by Crippen LogP contribution is 2.32. The third kappa shape index (κ3) is 4.43. The molecule has 0 fully saturated rings. The smallest absolute Gasteiger partial charge is 0.311 e. The highest BCUT2D eigenvalue weighted by molar-refractivity contribution is 5.53. The van der Waals surface area contributed by atoms with E-state index in [2.05, 4.69) is 11.4 Å². The van der Waals surface area contributed by atoms with Crippen LogP contribution in [0, 0.1) is 35.3 Å². The lowest BCUT2D eigenvalue weighted by Crippen LogP contribution is -2.42. The summed E-state index contributed by atoms with van der Waals surface area (Å²) < 4.78 is 5.60. The second-order valence-electron chi connectivity index (χ2n) is 5.26. The average Bonchev–Trinajstić information content (AvgIpc) is 2.40. The van der Waals surface area contributed by atoms with Crippen molar-refractivity contribution in [2.45, 2.75) is 39.7 Å². The van der Waals surface area contributed by atoms with Crippen LogP contribution >= 0.6 is 0 Å².